The molecule has 0 spiro atoms. The molecule has 0 unspecified atom stereocenters. The number of imide groups is 1. The normalized spacial score (nSPS) is 21.5. The van der Waals surface area contributed by atoms with Gasteiger partial charge in [0, 0.05) is 24.1 Å². The number of fused-ring (bicyclic) bond motifs is 1. The molecular formula is C34H38N2O6S. The lowest BCUT2D eigenvalue weighted by Gasteiger charge is -2.36. The van der Waals surface area contributed by atoms with Crippen molar-refractivity contribution in [3.8, 4) is 5.75 Å². The Morgan fingerprint density at radius 1 is 1.16 bits per heavy atom. The van der Waals surface area contributed by atoms with Crippen LogP contribution in [0.2, 0.25) is 0 Å². The van der Waals surface area contributed by atoms with E-state index in [0.717, 1.165) is 38.4 Å². The number of rotatable bonds is 11. The SMILES string of the molecule is COCC1=C([C@H](O)CC/C(=C/c2cc(C)c(O)c(C)c2)c2ccccn2)[C@H](CO)[C@@H]2C(=O)N(Cc3cccs3)C(=O)[C@@H]2C1. The summed E-state index contributed by atoms with van der Waals surface area (Å²) in [5, 5.41) is 34.5. The van der Waals surface area contributed by atoms with E-state index in [4.69, 9.17) is 4.74 Å². The van der Waals surface area contributed by atoms with Crippen LogP contribution in [0.4, 0.5) is 0 Å². The molecule has 1 aliphatic carbocycles. The van der Waals surface area contributed by atoms with Crippen molar-refractivity contribution in [3.05, 3.63) is 92.4 Å². The number of aromatic nitrogens is 1. The Hall–Kier alpha value is -3.63. The summed E-state index contributed by atoms with van der Waals surface area (Å²) in [7, 11) is 1.56. The molecule has 8 nitrogen and oxygen atoms in total. The first-order valence-electron chi connectivity index (χ1n) is 14.5. The van der Waals surface area contributed by atoms with Crippen molar-refractivity contribution in [1.82, 2.24) is 9.88 Å². The number of ether oxygens (including phenoxy) is 1. The minimum Gasteiger partial charge on any atom is -0.507 e. The summed E-state index contributed by atoms with van der Waals surface area (Å²) < 4.78 is 5.48. The molecule has 4 atom stereocenters. The number of aryl methyl sites for hydroxylation is 2. The van der Waals surface area contributed by atoms with Gasteiger partial charge in [0.05, 0.1) is 43.4 Å². The average Bonchev–Trinajstić information content (AvgIpc) is 3.60. The van der Waals surface area contributed by atoms with Crippen molar-refractivity contribution in [2.45, 2.75) is 45.8 Å². The van der Waals surface area contributed by atoms with Gasteiger partial charge >= 0.3 is 0 Å². The van der Waals surface area contributed by atoms with Crippen LogP contribution in [-0.4, -0.2) is 63.4 Å². The number of likely N-dealkylation sites (tertiary alicyclic amines) is 1. The van der Waals surface area contributed by atoms with Gasteiger partial charge in [-0.05, 0) is 108 Å². The molecule has 3 aromatic rings. The molecule has 226 valence electrons. The molecule has 2 aliphatic rings. The monoisotopic (exact) mass is 602 g/mol. The lowest BCUT2D eigenvalue weighted by Crippen LogP contribution is -2.39. The van der Waals surface area contributed by atoms with Gasteiger partial charge in [0.15, 0.2) is 0 Å². The van der Waals surface area contributed by atoms with E-state index in [2.05, 4.69) is 4.98 Å². The molecule has 9 heteroatoms. The third-order valence-corrected chi connectivity index (χ3v) is 9.44. The van der Waals surface area contributed by atoms with Gasteiger partial charge in [0.25, 0.3) is 0 Å². The Morgan fingerprint density at radius 3 is 2.56 bits per heavy atom. The zero-order chi connectivity index (χ0) is 30.7. The number of pyridine rings is 1. The highest BCUT2D eigenvalue weighted by molar-refractivity contribution is 7.09. The first-order valence-corrected chi connectivity index (χ1v) is 15.4. The number of aromatic hydroxyl groups is 1. The van der Waals surface area contributed by atoms with E-state index in [-0.39, 0.29) is 37.3 Å². The van der Waals surface area contributed by atoms with Crippen LogP contribution in [0.1, 0.15) is 46.5 Å². The predicted molar refractivity (Wildman–Crippen MR) is 166 cm³/mol. The van der Waals surface area contributed by atoms with Crippen LogP contribution < -0.4 is 0 Å². The van der Waals surface area contributed by atoms with Gasteiger partial charge in [-0.15, -0.1) is 11.3 Å². The fourth-order valence-electron chi connectivity index (χ4n) is 6.59. The predicted octanol–water partition coefficient (Wildman–Crippen LogP) is 4.90. The highest BCUT2D eigenvalue weighted by Gasteiger charge is 2.54. The summed E-state index contributed by atoms with van der Waals surface area (Å²) in [6, 6.07) is 13.3. The quantitative estimate of drug-likeness (QED) is 0.211. The second kappa shape index (κ2) is 13.3. The minimum atomic E-state index is -0.965. The van der Waals surface area contributed by atoms with Crippen LogP contribution >= 0.6 is 11.3 Å². The summed E-state index contributed by atoms with van der Waals surface area (Å²) in [5.74, 6) is -2.26. The van der Waals surface area contributed by atoms with Crippen LogP contribution in [-0.2, 0) is 20.9 Å². The molecule has 5 rings (SSSR count). The number of methoxy groups -OCH3 is 1. The van der Waals surface area contributed by atoms with Crippen LogP contribution in [0, 0.1) is 31.6 Å². The molecule has 0 radical (unpaired) electrons. The average molecular weight is 603 g/mol. The van der Waals surface area contributed by atoms with Crippen molar-refractivity contribution < 1.29 is 29.6 Å². The number of amides is 2. The zero-order valence-electron chi connectivity index (χ0n) is 24.7. The van der Waals surface area contributed by atoms with Crippen molar-refractivity contribution in [2.75, 3.05) is 20.3 Å². The zero-order valence-corrected chi connectivity index (χ0v) is 25.5. The minimum absolute atomic E-state index is 0.202. The van der Waals surface area contributed by atoms with Crippen LogP contribution in [0.15, 0.2) is 65.2 Å². The van der Waals surface area contributed by atoms with E-state index in [1.165, 1.54) is 16.2 Å². The van der Waals surface area contributed by atoms with E-state index >= 15 is 0 Å². The fraction of sp³-hybridized carbons (Fsp3) is 0.382. The Morgan fingerprint density at radius 2 is 1.93 bits per heavy atom. The second-order valence-corrected chi connectivity index (χ2v) is 12.4. The molecule has 1 aliphatic heterocycles. The standard InChI is InChI=1S/C34H38N2O6S/c1-20-13-22(14-21(2)32(20)39)15-23(28-8-4-5-11-35-28)9-10-29(38)30-24(19-42-3)16-26-31(27(30)18-37)34(41)36(33(26)40)17-25-7-6-12-43-25/h4-8,11-15,26-27,29,31,37-39H,9-10,16-19H2,1-3H3/b23-15-/t26-,27+,29-,31-/m1/s1. The van der Waals surface area contributed by atoms with Gasteiger partial charge in [-0.1, -0.05) is 12.1 Å². The number of carbonyl (C=O) groups excluding carboxylic acids is 2. The first-order chi connectivity index (χ1) is 20.7. The highest BCUT2D eigenvalue weighted by Crippen LogP contribution is 2.47. The first kappa shape index (κ1) is 30.8. The molecule has 1 aromatic carbocycles. The number of hydrogen-bond acceptors (Lipinski definition) is 8. The molecule has 1 saturated heterocycles. The third-order valence-electron chi connectivity index (χ3n) is 8.58. The summed E-state index contributed by atoms with van der Waals surface area (Å²) in [6.07, 6.45) is 3.86. The lowest BCUT2D eigenvalue weighted by atomic mass is 9.68. The number of phenolic OH excluding ortho intramolecular Hbond substituents is 1. The van der Waals surface area contributed by atoms with Gasteiger partial charge in [-0.25, -0.2) is 0 Å². The third kappa shape index (κ3) is 6.35. The van der Waals surface area contributed by atoms with Gasteiger partial charge in [0.1, 0.15) is 5.75 Å². The van der Waals surface area contributed by atoms with E-state index in [9.17, 15) is 24.9 Å². The number of nitrogens with zero attached hydrogens (tertiary/aromatic N) is 2. The molecular weight excluding hydrogens is 564 g/mol. The van der Waals surface area contributed by atoms with Crippen LogP contribution in [0.25, 0.3) is 11.6 Å². The summed E-state index contributed by atoms with van der Waals surface area (Å²) in [5.41, 5.74) is 5.50. The van der Waals surface area contributed by atoms with Crippen LogP contribution in [0.3, 0.4) is 0 Å². The highest BCUT2D eigenvalue weighted by atomic mass is 32.1. The number of hydrogen-bond donors (Lipinski definition) is 3. The lowest BCUT2D eigenvalue weighted by molar-refractivity contribution is -0.140. The molecule has 3 N–H and O–H groups in total. The number of aliphatic hydroxyl groups excluding tert-OH is 2. The Kier molecular flexibility index (Phi) is 9.56. The second-order valence-electron chi connectivity index (χ2n) is 11.4. The molecule has 0 saturated carbocycles. The molecule has 2 amide bonds. The summed E-state index contributed by atoms with van der Waals surface area (Å²) in [6.45, 7) is 3.77. The summed E-state index contributed by atoms with van der Waals surface area (Å²) in [4.78, 5) is 33.9. The van der Waals surface area contributed by atoms with Crippen molar-refractivity contribution in [1.29, 1.82) is 0 Å². The number of thiophene rings is 1. The van der Waals surface area contributed by atoms with E-state index in [0.29, 0.717) is 24.8 Å². The molecule has 3 heterocycles. The number of allylic oxidation sites excluding steroid dienone is 1. The maximum atomic E-state index is 13.6. The maximum Gasteiger partial charge on any atom is 0.234 e. The number of aliphatic hydroxyl groups is 2. The molecule has 43 heavy (non-hydrogen) atoms. The van der Waals surface area contributed by atoms with E-state index in [1.807, 2.05) is 67.8 Å². The molecule has 0 bridgehead atoms. The van der Waals surface area contributed by atoms with Crippen LogP contribution in [0.5, 0.6) is 5.75 Å². The van der Waals surface area contributed by atoms with Crippen molar-refractivity contribution >= 4 is 34.8 Å². The Labute approximate surface area is 256 Å². The van der Waals surface area contributed by atoms with Gasteiger partial charge in [-0.3, -0.25) is 19.5 Å². The maximum absolute atomic E-state index is 13.6. The summed E-state index contributed by atoms with van der Waals surface area (Å²) >= 11 is 1.49. The number of carbonyl (C=O) groups is 2. The van der Waals surface area contributed by atoms with Gasteiger partial charge < -0.3 is 20.1 Å². The number of phenols is 1. The molecule has 1 fully saturated rings. The largest absolute Gasteiger partial charge is 0.507 e. The Balaban J connectivity index is 1.43. The van der Waals surface area contributed by atoms with E-state index < -0.39 is 23.9 Å². The van der Waals surface area contributed by atoms with Gasteiger partial charge in [-0.2, -0.15) is 0 Å². The van der Waals surface area contributed by atoms with Gasteiger partial charge in [0.2, 0.25) is 11.8 Å². The topological polar surface area (TPSA) is 120 Å². The Bertz CT molecular complexity index is 1510. The van der Waals surface area contributed by atoms with E-state index in [1.54, 1.807) is 13.3 Å². The fourth-order valence-corrected chi connectivity index (χ4v) is 7.29. The smallest absolute Gasteiger partial charge is 0.234 e. The van der Waals surface area contributed by atoms with Crippen molar-refractivity contribution in [2.24, 2.45) is 17.8 Å². The molecule has 2 aromatic heterocycles. The number of benzene rings is 1. The van der Waals surface area contributed by atoms with Crippen molar-refractivity contribution in [3.63, 3.8) is 0 Å².